The van der Waals surface area contributed by atoms with Crippen LogP contribution in [-0.4, -0.2) is 31.3 Å². The fraction of sp³-hybridized carbons (Fsp3) is 0.400. The van der Waals surface area contributed by atoms with Crippen LogP contribution in [0.15, 0.2) is 23.6 Å². The van der Waals surface area contributed by atoms with Crippen molar-refractivity contribution in [1.29, 1.82) is 0 Å². The van der Waals surface area contributed by atoms with Gasteiger partial charge in [-0.2, -0.15) is 0 Å². The number of rotatable bonds is 2. The molecule has 0 bridgehead atoms. The van der Waals surface area contributed by atoms with E-state index in [1.165, 1.54) is 16.7 Å². The van der Waals surface area contributed by atoms with E-state index in [-0.39, 0.29) is 0 Å². The summed E-state index contributed by atoms with van der Waals surface area (Å²) in [6.45, 7) is 7.78. The molecule has 0 N–H and O–H groups in total. The molecule has 1 aromatic heterocycles. The number of aryl methyl sites for hydroxylation is 2. The molecular formula is C15H18N2OS. The second kappa shape index (κ2) is 5.31. The quantitative estimate of drug-likeness (QED) is 0.840. The number of ether oxygens (including phenoxy) is 1. The van der Waals surface area contributed by atoms with Crippen LogP contribution in [0.2, 0.25) is 0 Å². The van der Waals surface area contributed by atoms with Gasteiger partial charge in [0.05, 0.1) is 18.9 Å². The second-order valence-corrected chi connectivity index (χ2v) is 5.75. The first-order valence-corrected chi connectivity index (χ1v) is 7.48. The number of hydrogen-bond acceptors (Lipinski definition) is 4. The van der Waals surface area contributed by atoms with Crippen LogP contribution in [-0.2, 0) is 4.74 Å². The van der Waals surface area contributed by atoms with E-state index in [0.717, 1.165) is 37.1 Å². The number of thiazole rings is 1. The summed E-state index contributed by atoms with van der Waals surface area (Å²) in [5.74, 6) is 0. The number of morpholine rings is 1. The number of benzene rings is 1. The van der Waals surface area contributed by atoms with Crippen LogP contribution in [0, 0.1) is 13.8 Å². The third kappa shape index (κ3) is 2.65. The Labute approximate surface area is 117 Å². The number of nitrogens with zero attached hydrogens (tertiary/aromatic N) is 2. The lowest BCUT2D eigenvalue weighted by molar-refractivity contribution is 0.122. The molecule has 100 valence electrons. The molecule has 0 amide bonds. The van der Waals surface area contributed by atoms with Crippen molar-refractivity contribution in [2.24, 2.45) is 0 Å². The normalized spacial score (nSPS) is 15.8. The molecule has 3 rings (SSSR count). The van der Waals surface area contributed by atoms with E-state index in [9.17, 15) is 0 Å². The van der Waals surface area contributed by atoms with Gasteiger partial charge in [0.25, 0.3) is 0 Å². The minimum absolute atomic E-state index is 0.804. The van der Waals surface area contributed by atoms with E-state index in [1.807, 2.05) is 0 Å². The molecule has 0 atom stereocenters. The molecule has 1 saturated heterocycles. The Morgan fingerprint density at radius 3 is 2.68 bits per heavy atom. The van der Waals surface area contributed by atoms with Gasteiger partial charge in [0.2, 0.25) is 0 Å². The summed E-state index contributed by atoms with van der Waals surface area (Å²) in [7, 11) is 0. The highest BCUT2D eigenvalue weighted by Gasteiger charge is 2.15. The summed E-state index contributed by atoms with van der Waals surface area (Å²) in [6.07, 6.45) is 0. The second-order valence-electron chi connectivity index (χ2n) is 4.91. The number of hydrogen-bond donors (Lipinski definition) is 0. The molecule has 2 aromatic rings. The largest absolute Gasteiger partial charge is 0.378 e. The maximum absolute atomic E-state index is 5.38. The molecule has 0 unspecified atom stereocenters. The highest BCUT2D eigenvalue weighted by atomic mass is 32.1. The maximum Gasteiger partial charge on any atom is 0.186 e. The maximum atomic E-state index is 5.38. The highest BCUT2D eigenvalue weighted by molar-refractivity contribution is 7.14. The van der Waals surface area contributed by atoms with Gasteiger partial charge in [-0.15, -0.1) is 11.3 Å². The zero-order chi connectivity index (χ0) is 13.2. The van der Waals surface area contributed by atoms with E-state index in [0.29, 0.717) is 0 Å². The van der Waals surface area contributed by atoms with Crippen LogP contribution in [0.1, 0.15) is 11.1 Å². The van der Waals surface area contributed by atoms with Crippen molar-refractivity contribution in [1.82, 2.24) is 4.98 Å². The first-order chi connectivity index (χ1) is 9.24. The molecule has 19 heavy (non-hydrogen) atoms. The highest BCUT2D eigenvalue weighted by Crippen LogP contribution is 2.28. The van der Waals surface area contributed by atoms with Gasteiger partial charge >= 0.3 is 0 Å². The molecule has 3 nitrogen and oxygen atoms in total. The molecule has 1 aromatic carbocycles. The zero-order valence-electron chi connectivity index (χ0n) is 11.3. The van der Waals surface area contributed by atoms with Crippen LogP contribution < -0.4 is 4.90 Å². The van der Waals surface area contributed by atoms with E-state index < -0.39 is 0 Å². The van der Waals surface area contributed by atoms with Crippen molar-refractivity contribution in [3.05, 3.63) is 34.7 Å². The Bertz CT molecular complexity index is 573. The zero-order valence-corrected chi connectivity index (χ0v) is 12.2. The van der Waals surface area contributed by atoms with Gasteiger partial charge in [-0.1, -0.05) is 12.1 Å². The Kier molecular flexibility index (Phi) is 3.53. The lowest BCUT2D eigenvalue weighted by Gasteiger charge is -2.26. The molecule has 4 heteroatoms. The fourth-order valence-corrected chi connectivity index (χ4v) is 3.09. The molecule has 0 saturated carbocycles. The fourth-order valence-electron chi connectivity index (χ4n) is 2.20. The van der Waals surface area contributed by atoms with Gasteiger partial charge in [0.1, 0.15) is 0 Å². The van der Waals surface area contributed by atoms with Crippen molar-refractivity contribution in [2.45, 2.75) is 13.8 Å². The van der Waals surface area contributed by atoms with E-state index in [2.05, 4.69) is 42.3 Å². The van der Waals surface area contributed by atoms with Crippen molar-refractivity contribution >= 4 is 16.5 Å². The summed E-state index contributed by atoms with van der Waals surface area (Å²) in [5.41, 5.74) is 4.93. The lowest BCUT2D eigenvalue weighted by Crippen LogP contribution is -2.36. The first-order valence-electron chi connectivity index (χ1n) is 6.60. The molecule has 0 aliphatic carbocycles. The summed E-state index contributed by atoms with van der Waals surface area (Å²) >= 11 is 1.72. The molecule has 2 heterocycles. The smallest absolute Gasteiger partial charge is 0.186 e. The van der Waals surface area contributed by atoms with Gasteiger partial charge in [-0.05, 0) is 31.0 Å². The van der Waals surface area contributed by atoms with Gasteiger partial charge in [0, 0.05) is 24.0 Å². The van der Waals surface area contributed by atoms with Crippen molar-refractivity contribution < 1.29 is 4.74 Å². The molecule has 1 aliphatic rings. The Morgan fingerprint density at radius 2 is 1.95 bits per heavy atom. The SMILES string of the molecule is Cc1ccc(-c2csc(N3CCOCC3)n2)cc1C. The molecule has 0 radical (unpaired) electrons. The summed E-state index contributed by atoms with van der Waals surface area (Å²) < 4.78 is 5.38. The van der Waals surface area contributed by atoms with Crippen molar-refractivity contribution in [2.75, 3.05) is 31.2 Å². The minimum Gasteiger partial charge on any atom is -0.378 e. The van der Waals surface area contributed by atoms with E-state index in [4.69, 9.17) is 9.72 Å². The average Bonchev–Trinajstić information content (AvgIpc) is 2.93. The number of anilines is 1. The van der Waals surface area contributed by atoms with Gasteiger partial charge < -0.3 is 9.64 Å². The molecule has 1 aliphatic heterocycles. The van der Waals surface area contributed by atoms with Crippen LogP contribution >= 0.6 is 11.3 Å². The van der Waals surface area contributed by atoms with Crippen LogP contribution in [0.5, 0.6) is 0 Å². The first kappa shape index (κ1) is 12.6. The summed E-state index contributed by atoms with van der Waals surface area (Å²) in [5, 5.41) is 3.26. The van der Waals surface area contributed by atoms with Crippen LogP contribution in [0.25, 0.3) is 11.3 Å². The lowest BCUT2D eigenvalue weighted by atomic mass is 10.1. The van der Waals surface area contributed by atoms with Gasteiger partial charge in [0.15, 0.2) is 5.13 Å². The monoisotopic (exact) mass is 274 g/mol. The molecule has 1 fully saturated rings. The van der Waals surface area contributed by atoms with Crippen LogP contribution in [0.3, 0.4) is 0 Å². The van der Waals surface area contributed by atoms with Crippen LogP contribution in [0.4, 0.5) is 5.13 Å². The molecular weight excluding hydrogens is 256 g/mol. The number of aromatic nitrogens is 1. The minimum atomic E-state index is 0.804. The van der Waals surface area contributed by atoms with E-state index >= 15 is 0 Å². The van der Waals surface area contributed by atoms with Crippen molar-refractivity contribution in [3.63, 3.8) is 0 Å². The predicted octanol–water partition coefficient (Wildman–Crippen LogP) is 3.26. The van der Waals surface area contributed by atoms with E-state index in [1.54, 1.807) is 11.3 Å². The van der Waals surface area contributed by atoms with Crippen molar-refractivity contribution in [3.8, 4) is 11.3 Å². The Hall–Kier alpha value is -1.39. The molecule has 0 spiro atoms. The Morgan fingerprint density at radius 1 is 1.16 bits per heavy atom. The van der Waals surface area contributed by atoms with Gasteiger partial charge in [-0.25, -0.2) is 4.98 Å². The predicted molar refractivity (Wildman–Crippen MR) is 80.1 cm³/mol. The third-order valence-corrected chi connectivity index (χ3v) is 4.48. The summed E-state index contributed by atoms with van der Waals surface area (Å²) in [4.78, 5) is 7.07. The standard InChI is InChI=1S/C15H18N2OS/c1-11-3-4-13(9-12(11)2)14-10-19-15(16-14)17-5-7-18-8-6-17/h3-4,9-10H,5-8H2,1-2H3. The third-order valence-electron chi connectivity index (χ3n) is 3.58. The Balaban J connectivity index is 1.85. The topological polar surface area (TPSA) is 25.4 Å². The summed E-state index contributed by atoms with van der Waals surface area (Å²) in [6, 6.07) is 6.53. The van der Waals surface area contributed by atoms with Gasteiger partial charge in [-0.3, -0.25) is 0 Å². The average molecular weight is 274 g/mol.